The molecule has 0 saturated heterocycles. The van der Waals surface area contributed by atoms with E-state index in [0.29, 0.717) is 19.1 Å². The number of hydrogen-bond acceptors (Lipinski definition) is 7. The fourth-order valence-electron chi connectivity index (χ4n) is 2.32. The van der Waals surface area contributed by atoms with Gasteiger partial charge in [0.25, 0.3) is 0 Å². The lowest BCUT2D eigenvalue weighted by Gasteiger charge is -2.28. The van der Waals surface area contributed by atoms with Crippen LogP contribution in [0.1, 0.15) is 52.9 Å². The summed E-state index contributed by atoms with van der Waals surface area (Å²) in [5.41, 5.74) is -2.28. The van der Waals surface area contributed by atoms with Crippen LogP contribution < -0.4 is 16.0 Å². The summed E-state index contributed by atoms with van der Waals surface area (Å²) >= 11 is 0. The van der Waals surface area contributed by atoms with Gasteiger partial charge in [0.15, 0.2) is 0 Å². The SMILES string of the molecule is CC(C)(C)OC(=O)NCCCC[C@](C=O)(CO)NC(=O)N[C@@H](CCC(=O)O)C(=O)O. The van der Waals surface area contributed by atoms with E-state index < -0.39 is 54.3 Å². The number of aldehydes is 1. The molecule has 0 unspecified atom stereocenters. The molecule has 0 rings (SSSR count). The number of nitrogens with one attached hydrogen (secondary N) is 3. The Morgan fingerprint density at radius 1 is 1.10 bits per heavy atom. The summed E-state index contributed by atoms with van der Waals surface area (Å²) in [6, 6.07) is -2.50. The van der Waals surface area contributed by atoms with E-state index in [1.807, 2.05) is 0 Å². The lowest BCUT2D eigenvalue weighted by molar-refractivity contribution is -0.140. The van der Waals surface area contributed by atoms with Crippen molar-refractivity contribution in [3.8, 4) is 0 Å². The zero-order chi connectivity index (χ0) is 23.4. The van der Waals surface area contributed by atoms with Crippen LogP contribution in [0.25, 0.3) is 0 Å². The number of ether oxygens (including phenoxy) is 1. The highest BCUT2D eigenvalue weighted by atomic mass is 16.6. The number of carbonyl (C=O) groups is 5. The van der Waals surface area contributed by atoms with Gasteiger partial charge in [-0.3, -0.25) is 4.79 Å². The number of amides is 3. The fraction of sp³-hybridized carbons (Fsp3) is 0.722. The summed E-state index contributed by atoms with van der Waals surface area (Å²) in [7, 11) is 0. The van der Waals surface area contributed by atoms with Gasteiger partial charge in [0, 0.05) is 13.0 Å². The van der Waals surface area contributed by atoms with Crippen LogP contribution in [0.15, 0.2) is 0 Å². The predicted molar refractivity (Wildman–Crippen MR) is 104 cm³/mol. The molecular weight excluding hydrogens is 402 g/mol. The van der Waals surface area contributed by atoms with Gasteiger partial charge in [0.05, 0.1) is 6.61 Å². The molecule has 6 N–H and O–H groups in total. The second-order valence-electron chi connectivity index (χ2n) is 7.74. The molecule has 30 heavy (non-hydrogen) atoms. The van der Waals surface area contributed by atoms with E-state index in [9.17, 15) is 29.1 Å². The Morgan fingerprint density at radius 3 is 2.20 bits per heavy atom. The van der Waals surface area contributed by atoms with Crippen molar-refractivity contribution in [3.05, 3.63) is 0 Å². The minimum absolute atomic E-state index is 0.0310. The van der Waals surface area contributed by atoms with E-state index in [-0.39, 0.29) is 19.4 Å². The van der Waals surface area contributed by atoms with E-state index in [4.69, 9.17) is 14.9 Å². The Kier molecular flexibility index (Phi) is 11.4. The quantitative estimate of drug-likeness (QED) is 0.174. The lowest BCUT2D eigenvalue weighted by Crippen LogP contribution is -2.58. The molecule has 0 fully saturated rings. The molecular formula is C18H31N3O9. The third kappa shape index (κ3) is 11.8. The summed E-state index contributed by atoms with van der Waals surface area (Å²) in [6.07, 6.45) is -0.262. The standard InChI is InChI=1S/C18H31N3O9/c1-17(2,3)30-16(29)19-9-5-4-8-18(10-22,11-23)21-15(28)20-12(14(26)27)6-7-13(24)25/h10,12,23H,4-9,11H2,1-3H3,(H,19,29)(H,24,25)(H,26,27)(H2,20,21,28)/t12-,18-/m0/s1. The summed E-state index contributed by atoms with van der Waals surface area (Å²) in [4.78, 5) is 56.8. The van der Waals surface area contributed by atoms with Gasteiger partial charge in [-0.25, -0.2) is 14.4 Å². The Morgan fingerprint density at radius 2 is 1.73 bits per heavy atom. The molecule has 0 aliphatic rings. The molecule has 0 aromatic heterocycles. The van der Waals surface area contributed by atoms with E-state index in [0.717, 1.165) is 0 Å². The lowest BCUT2D eigenvalue weighted by atomic mass is 9.95. The van der Waals surface area contributed by atoms with E-state index in [2.05, 4.69) is 16.0 Å². The Labute approximate surface area is 174 Å². The molecule has 2 atom stereocenters. The summed E-state index contributed by atoms with van der Waals surface area (Å²) in [5.74, 6) is -2.65. The molecule has 0 aliphatic carbocycles. The van der Waals surface area contributed by atoms with Gasteiger partial charge < -0.3 is 40.8 Å². The molecule has 0 aliphatic heterocycles. The van der Waals surface area contributed by atoms with Crippen molar-refractivity contribution in [3.63, 3.8) is 0 Å². The second-order valence-corrected chi connectivity index (χ2v) is 7.74. The molecule has 0 aromatic rings. The van der Waals surface area contributed by atoms with Gasteiger partial charge in [-0.05, 0) is 46.5 Å². The molecule has 0 bridgehead atoms. The molecule has 0 radical (unpaired) electrons. The van der Waals surface area contributed by atoms with Gasteiger partial charge >= 0.3 is 24.1 Å². The molecule has 0 heterocycles. The summed E-state index contributed by atoms with van der Waals surface area (Å²) < 4.78 is 5.07. The number of aliphatic carboxylic acids is 2. The number of hydrogen-bond donors (Lipinski definition) is 6. The first-order chi connectivity index (χ1) is 13.8. The fourth-order valence-corrected chi connectivity index (χ4v) is 2.32. The first-order valence-corrected chi connectivity index (χ1v) is 9.41. The number of alkyl carbamates (subject to hydrolysis) is 1. The normalized spacial score (nSPS) is 14.0. The van der Waals surface area contributed by atoms with Gasteiger partial charge in [0.2, 0.25) is 0 Å². The van der Waals surface area contributed by atoms with Gasteiger partial charge in [0.1, 0.15) is 23.5 Å². The smallest absolute Gasteiger partial charge is 0.407 e. The Bertz CT molecular complexity index is 619. The zero-order valence-corrected chi connectivity index (χ0v) is 17.4. The largest absolute Gasteiger partial charge is 0.481 e. The predicted octanol–water partition coefficient (Wildman–Crippen LogP) is 0.229. The van der Waals surface area contributed by atoms with E-state index in [1.54, 1.807) is 20.8 Å². The maximum atomic E-state index is 12.1. The van der Waals surface area contributed by atoms with Gasteiger partial charge in [-0.1, -0.05) is 0 Å². The summed E-state index contributed by atoms with van der Waals surface area (Å²) in [5, 5.41) is 34.1. The van der Waals surface area contributed by atoms with Crippen molar-refractivity contribution < 1.29 is 44.0 Å². The van der Waals surface area contributed by atoms with Gasteiger partial charge in [-0.2, -0.15) is 0 Å². The van der Waals surface area contributed by atoms with Crippen molar-refractivity contribution in [2.24, 2.45) is 0 Å². The number of aliphatic hydroxyl groups excluding tert-OH is 1. The third-order valence-electron chi connectivity index (χ3n) is 3.84. The second kappa shape index (κ2) is 12.6. The Balaban J connectivity index is 4.61. The van der Waals surface area contributed by atoms with Crippen LogP contribution >= 0.6 is 0 Å². The molecule has 172 valence electrons. The number of carboxylic acids is 2. The average molecular weight is 433 g/mol. The van der Waals surface area contributed by atoms with Crippen LogP contribution in [-0.4, -0.2) is 76.0 Å². The van der Waals surface area contributed by atoms with Crippen molar-refractivity contribution in [1.82, 2.24) is 16.0 Å². The third-order valence-corrected chi connectivity index (χ3v) is 3.84. The van der Waals surface area contributed by atoms with Crippen LogP contribution in [0.5, 0.6) is 0 Å². The van der Waals surface area contributed by atoms with Gasteiger partial charge in [-0.15, -0.1) is 0 Å². The Hall–Kier alpha value is -2.89. The molecule has 3 amide bonds. The highest BCUT2D eigenvalue weighted by molar-refractivity contribution is 5.85. The zero-order valence-electron chi connectivity index (χ0n) is 17.4. The maximum absolute atomic E-state index is 12.1. The van der Waals surface area contributed by atoms with Crippen molar-refractivity contribution in [2.45, 2.75) is 70.1 Å². The molecule has 0 aromatic carbocycles. The number of urea groups is 1. The minimum Gasteiger partial charge on any atom is -0.481 e. The molecule has 0 saturated carbocycles. The number of aliphatic hydroxyl groups is 1. The minimum atomic E-state index is -1.65. The van der Waals surface area contributed by atoms with Crippen molar-refractivity contribution in [2.75, 3.05) is 13.2 Å². The summed E-state index contributed by atoms with van der Waals surface area (Å²) in [6.45, 7) is 4.69. The topological polar surface area (TPSA) is 191 Å². The van der Waals surface area contributed by atoms with E-state index >= 15 is 0 Å². The highest BCUT2D eigenvalue weighted by Crippen LogP contribution is 2.12. The van der Waals surface area contributed by atoms with Crippen LogP contribution in [-0.2, 0) is 19.1 Å². The van der Waals surface area contributed by atoms with Crippen LogP contribution in [0.3, 0.4) is 0 Å². The number of unbranched alkanes of at least 4 members (excludes halogenated alkanes) is 1. The number of carbonyl (C=O) groups excluding carboxylic acids is 3. The van der Waals surface area contributed by atoms with Crippen molar-refractivity contribution in [1.29, 1.82) is 0 Å². The molecule has 0 spiro atoms. The first kappa shape index (κ1) is 27.1. The first-order valence-electron chi connectivity index (χ1n) is 9.41. The van der Waals surface area contributed by atoms with Crippen LogP contribution in [0.4, 0.5) is 9.59 Å². The number of carboxylic acid groups (broad SMARTS) is 2. The van der Waals surface area contributed by atoms with Crippen molar-refractivity contribution >= 4 is 30.3 Å². The molecule has 12 nitrogen and oxygen atoms in total. The molecule has 12 heteroatoms. The highest BCUT2D eigenvalue weighted by Gasteiger charge is 2.32. The monoisotopic (exact) mass is 433 g/mol. The van der Waals surface area contributed by atoms with Crippen LogP contribution in [0.2, 0.25) is 0 Å². The average Bonchev–Trinajstić information content (AvgIpc) is 2.62. The maximum Gasteiger partial charge on any atom is 0.407 e. The number of rotatable bonds is 13. The van der Waals surface area contributed by atoms with E-state index in [1.165, 1.54) is 0 Å². The van der Waals surface area contributed by atoms with Crippen LogP contribution in [0, 0.1) is 0 Å².